The van der Waals surface area contributed by atoms with Crippen LogP contribution in [0.4, 0.5) is 5.82 Å². The number of hydrogen-bond donors (Lipinski definition) is 1. The molecular formula is C25H28N4O2S. The van der Waals surface area contributed by atoms with Crippen LogP contribution in [0, 0.1) is 6.92 Å². The first-order valence-electron chi connectivity index (χ1n) is 10.7. The van der Waals surface area contributed by atoms with E-state index in [1.54, 1.807) is 40.3 Å². The summed E-state index contributed by atoms with van der Waals surface area (Å²) in [6.07, 6.45) is 0.0836. The molecule has 4 rings (SSSR count). The molecule has 6 nitrogen and oxygen atoms in total. The molecule has 1 amide bonds. The Morgan fingerprint density at radius 3 is 2.47 bits per heavy atom. The second-order valence-corrected chi connectivity index (χ2v) is 10.2. The van der Waals surface area contributed by atoms with Gasteiger partial charge in [-0.1, -0.05) is 38.2 Å². The molecule has 2 aromatic carbocycles. The van der Waals surface area contributed by atoms with Crippen LogP contribution in [0.15, 0.2) is 48.5 Å². The second kappa shape index (κ2) is 8.39. The average Bonchev–Trinajstić information content (AvgIpc) is 3.29. The first-order chi connectivity index (χ1) is 15.1. The summed E-state index contributed by atoms with van der Waals surface area (Å²) in [5.41, 5.74) is 3.59. The van der Waals surface area contributed by atoms with Gasteiger partial charge < -0.3 is 10.1 Å². The van der Waals surface area contributed by atoms with Gasteiger partial charge in [0.2, 0.25) is 5.13 Å². The fourth-order valence-corrected chi connectivity index (χ4v) is 4.32. The molecule has 1 N–H and O–H groups in total. The Morgan fingerprint density at radius 2 is 1.81 bits per heavy atom. The molecule has 2 heterocycles. The SMILES string of the molecule is Cc1cc(NC(=O)c2ccc(OC(C)C)cc2)n(-c2nc3ccc(C(C)(C)C)cc3s2)n1. The van der Waals surface area contributed by atoms with Gasteiger partial charge in [-0.3, -0.25) is 4.79 Å². The molecular weight excluding hydrogens is 420 g/mol. The minimum Gasteiger partial charge on any atom is -0.491 e. The van der Waals surface area contributed by atoms with Crippen LogP contribution < -0.4 is 10.1 Å². The summed E-state index contributed by atoms with van der Waals surface area (Å²) in [5, 5.41) is 8.26. The van der Waals surface area contributed by atoms with Crippen LogP contribution in [-0.2, 0) is 5.41 Å². The van der Waals surface area contributed by atoms with Gasteiger partial charge in [-0.2, -0.15) is 9.78 Å². The molecule has 0 unspecified atom stereocenters. The van der Waals surface area contributed by atoms with E-state index in [1.165, 1.54) is 5.56 Å². The molecule has 166 valence electrons. The van der Waals surface area contributed by atoms with Gasteiger partial charge in [-0.15, -0.1) is 0 Å². The van der Waals surface area contributed by atoms with Crippen molar-refractivity contribution >= 4 is 33.3 Å². The number of nitrogens with one attached hydrogen (secondary N) is 1. The van der Waals surface area contributed by atoms with Gasteiger partial charge in [-0.25, -0.2) is 4.98 Å². The number of nitrogens with zero attached hydrogens (tertiary/aromatic N) is 3. The molecule has 0 saturated carbocycles. The van der Waals surface area contributed by atoms with E-state index in [0.717, 1.165) is 26.8 Å². The molecule has 0 atom stereocenters. The summed E-state index contributed by atoms with van der Waals surface area (Å²) in [4.78, 5) is 17.6. The highest BCUT2D eigenvalue weighted by molar-refractivity contribution is 7.20. The Bertz CT molecular complexity index is 1260. The molecule has 0 aliphatic rings. The van der Waals surface area contributed by atoms with Crippen LogP contribution >= 0.6 is 11.3 Å². The standard InChI is InChI=1S/C25H28N4O2S/c1-15(2)31-19-10-7-17(8-11-19)23(30)27-22-13-16(3)28-29(22)24-26-20-12-9-18(25(4,5)6)14-21(20)32-24/h7-15H,1-6H3,(H,27,30). The number of anilines is 1. The predicted octanol–water partition coefficient (Wildman–Crippen LogP) is 6.13. The van der Waals surface area contributed by atoms with Crippen molar-refractivity contribution in [1.29, 1.82) is 0 Å². The lowest BCUT2D eigenvalue weighted by Crippen LogP contribution is -2.15. The summed E-state index contributed by atoms with van der Waals surface area (Å²) >= 11 is 1.56. The Balaban J connectivity index is 1.61. The lowest BCUT2D eigenvalue weighted by Gasteiger charge is -2.18. The Kier molecular flexibility index (Phi) is 5.77. The quantitative estimate of drug-likeness (QED) is 0.399. The van der Waals surface area contributed by atoms with Crippen molar-refractivity contribution in [2.45, 2.75) is 53.1 Å². The third-order valence-corrected chi connectivity index (χ3v) is 5.98. The number of carbonyl (C=O) groups is 1. The maximum absolute atomic E-state index is 12.9. The van der Waals surface area contributed by atoms with Crippen molar-refractivity contribution < 1.29 is 9.53 Å². The Labute approximate surface area is 192 Å². The van der Waals surface area contributed by atoms with Gasteiger partial charge in [0.1, 0.15) is 11.6 Å². The van der Waals surface area contributed by atoms with E-state index >= 15 is 0 Å². The van der Waals surface area contributed by atoms with Crippen LogP contribution in [0.25, 0.3) is 15.3 Å². The van der Waals surface area contributed by atoms with E-state index in [-0.39, 0.29) is 17.4 Å². The number of benzene rings is 2. The van der Waals surface area contributed by atoms with E-state index in [0.29, 0.717) is 11.4 Å². The van der Waals surface area contributed by atoms with Gasteiger partial charge in [0.25, 0.3) is 5.91 Å². The fraction of sp³-hybridized carbons (Fsp3) is 0.320. The molecule has 0 bridgehead atoms. The second-order valence-electron chi connectivity index (χ2n) is 9.16. The number of amides is 1. The van der Waals surface area contributed by atoms with Crippen LogP contribution in [0.5, 0.6) is 5.75 Å². The van der Waals surface area contributed by atoms with Gasteiger partial charge in [-0.05, 0) is 68.1 Å². The molecule has 4 aromatic rings. The predicted molar refractivity (Wildman–Crippen MR) is 130 cm³/mol. The summed E-state index contributed by atoms with van der Waals surface area (Å²) in [6.45, 7) is 12.4. The van der Waals surface area contributed by atoms with Crippen LogP contribution in [0.3, 0.4) is 0 Å². The monoisotopic (exact) mass is 448 g/mol. The van der Waals surface area contributed by atoms with Crippen LogP contribution in [0.1, 0.15) is 56.2 Å². The zero-order chi connectivity index (χ0) is 23.0. The minimum atomic E-state index is -0.210. The molecule has 0 saturated heterocycles. The largest absolute Gasteiger partial charge is 0.491 e. The van der Waals surface area contributed by atoms with Crippen molar-refractivity contribution in [1.82, 2.24) is 14.8 Å². The molecule has 0 radical (unpaired) electrons. The van der Waals surface area contributed by atoms with E-state index in [9.17, 15) is 4.79 Å². The van der Waals surface area contributed by atoms with Crippen molar-refractivity contribution in [3.63, 3.8) is 0 Å². The maximum Gasteiger partial charge on any atom is 0.256 e. The van der Waals surface area contributed by atoms with Crippen molar-refractivity contribution in [3.8, 4) is 10.9 Å². The molecule has 0 fully saturated rings. The zero-order valence-corrected chi connectivity index (χ0v) is 20.1. The highest BCUT2D eigenvalue weighted by Gasteiger charge is 2.18. The summed E-state index contributed by atoms with van der Waals surface area (Å²) < 4.78 is 8.45. The first kappa shape index (κ1) is 22.0. The summed E-state index contributed by atoms with van der Waals surface area (Å²) in [6, 6.07) is 15.3. The van der Waals surface area contributed by atoms with E-state index in [2.05, 4.69) is 43.3 Å². The number of aromatic nitrogens is 3. The number of rotatable bonds is 5. The Morgan fingerprint density at radius 1 is 1.09 bits per heavy atom. The topological polar surface area (TPSA) is 69.0 Å². The zero-order valence-electron chi connectivity index (χ0n) is 19.3. The van der Waals surface area contributed by atoms with Crippen molar-refractivity contribution in [3.05, 3.63) is 65.4 Å². The number of fused-ring (bicyclic) bond motifs is 1. The molecule has 0 spiro atoms. The minimum absolute atomic E-state index is 0.0650. The van der Waals surface area contributed by atoms with Crippen LogP contribution in [0.2, 0.25) is 0 Å². The normalized spacial score (nSPS) is 11.8. The third kappa shape index (κ3) is 4.67. The molecule has 2 aromatic heterocycles. The Hall–Kier alpha value is -3.19. The van der Waals surface area contributed by atoms with Crippen LogP contribution in [-0.4, -0.2) is 26.8 Å². The fourth-order valence-electron chi connectivity index (χ4n) is 3.35. The number of carbonyl (C=O) groups excluding carboxylic acids is 1. The van der Waals surface area contributed by atoms with E-state index in [4.69, 9.17) is 9.72 Å². The van der Waals surface area contributed by atoms with Gasteiger partial charge in [0.05, 0.1) is 22.0 Å². The highest BCUT2D eigenvalue weighted by atomic mass is 32.1. The molecule has 0 aliphatic carbocycles. The smallest absolute Gasteiger partial charge is 0.256 e. The molecule has 7 heteroatoms. The van der Waals surface area contributed by atoms with Crippen molar-refractivity contribution in [2.75, 3.05) is 5.32 Å². The number of thiazole rings is 1. The summed E-state index contributed by atoms with van der Waals surface area (Å²) in [7, 11) is 0. The highest BCUT2D eigenvalue weighted by Crippen LogP contribution is 2.31. The average molecular weight is 449 g/mol. The molecule has 0 aliphatic heterocycles. The van der Waals surface area contributed by atoms with Gasteiger partial charge in [0.15, 0.2) is 0 Å². The number of ether oxygens (including phenoxy) is 1. The number of hydrogen-bond acceptors (Lipinski definition) is 5. The molecule has 32 heavy (non-hydrogen) atoms. The first-order valence-corrected chi connectivity index (χ1v) is 11.5. The third-order valence-electron chi connectivity index (χ3n) is 4.99. The lowest BCUT2D eigenvalue weighted by atomic mass is 9.87. The van der Waals surface area contributed by atoms with Crippen molar-refractivity contribution in [2.24, 2.45) is 0 Å². The van der Waals surface area contributed by atoms with E-state index in [1.807, 2.05) is 32.9 Å². The van der Waals surface area contributed by atoms with E-state index < -0.39 is 0 Å². The van der Waals surface area contributed by atoms with Gasteiger partial charge >= 0.3 is 0 Å². The maximum atomic E-state index is 12.9. The number of aryl methyl sites for hydroxylation is 1. The summed E-state index contributed by atoms with van der Waals surface area (Å²) in [5.74, 6) is 1.12. The van der Waals surface area contributed by atoms with Gasteiger partial charge in [0, 0.05) is 11.6 Å². The lowest BCUT2D eigenvalue weighted by molar-refractivity contribution is 0.102.